The molecule has 1 aromatic rings. The van der Waals surface area contributed by atoms with Gasteiger partial charge in [0.2, 0.25) is 0 Å². The number of nitrogens with one attached hydrogen (secondary N) is 1. The van der Waals surface area contributed by atoms with Crippen LogP contribution in [0.4, 0.5) is 10.5 Å². The zero-order chi connectivity index (χ0) is 30.1. The number of nitrogens with two attached hydrogens (primary N) is 1. The Bertz CT molecular complexity index is 1200. The first-order chi connectivity index (χ1) is 18.8. The maximum absolute atomic E-state index is 12.9. The Hall–Kier alpha value is -3.80. The first-order valence-electron chi connectivity index (χ1n) is 12.7. The molecule has 1 aliphatic heterocycles. The molecule has 5 atom stereocenters. The van der Waals surface area contributed by atoms with E-state index < -0.39 is 42.3 Å². The van der Waals surface area contributed by atoms with Gasteiger partial charge in [0.25, 0.3) is 5.91 Å². The fraction of sp³-hybridized carbons (Fsp3) is 0.448. The molecule has 1 aliphatic rings. The molecular weight excluding hydrogens is 520 g/mol. The van der Waals surface area contributed by atoms with Crippen LogP contribution >= 0.6 is 0 Å². The van der Waals surface area contributed by atoms with E-state index in [0.29, 0.717) is 11.1 Å². The summed E-state index contributed by atoms with van der Waals surface area (Å²) in [7, 11) is 4.25. The summed E-state index contributed by atoms with van der Waals surface area (Å²) in [4.78, 5) is 24.6. The molecule has 1 aromatic carbocycles. The molecule has 0 aliphatic carbocycles. The van der Waals surface area contributed by atoms with Gasteiger partial charge in [-0.25, -0.2) is 4.79 Å². The third kappa shape index (κ3) is 8.10. The van der Waals surface area contributed by atoms with Gasteiger partial charge in [0, 0.05) is 31.8 Å². The second kappa shape index (κ2) is 14.5. The SMILES string of the molecule is COc1c(O)cc2c(O)c1C=C(C)CC(OC)C(O)C(C)C=C(C)C(OC(N)=O)C(OC)C=CC=C(C)C(=O)N2. The van der Waals surface area contributed by atoms with E-state index in [0.717, 1.165) is 0 Å². The lowest BCUT2D eigenvalue weighted by Crippen LogP contribution is -2.36. The number of anilines is 1. The first kappa shape index (κ1) is 32.4. The number of benzene rings is 1. The largest absolute Gasteiger partial charge is 0.505 e. The van der Waals surface area contributed by atoms with Crippen LogP contribution in [0.2, 0.25) is 0 Å². The van der Waals surface area contributed by atoms with E-state index in [1.54, 1.807) is 52.0 Å². The number of aromatic hydroxyl groups is 2. The molecule has 220 valence electrons. The predicted molar refractivity (Wildman–Crippen MR) is 151 cm³/mol. The van der Waals surface area contributed by atoms with Crippen LogP contribution in [0.5, 0.6) is 17.2 Å². The van der Waals surface area contributed by atoms with Gasteiger partial charge in [-0.2, -0.15) is 0 Å². The molecule has 0 fully saturated rings. The lowest BCUT2D eigenvalue weighted by atomic mass is 9.91. The molecule has 0 saturated carbocycles. The molecule has 0 radical (unpaired) electrons. The molecule has 0 aromatic heterocycles. The predicted octanol–water partition coefficient (Wildman–Crippen LogP) is 3.79. The van der Waals surface area contributed by atoms with Crippen LogP contribution in [0.15, 0.2) is 47.1 Å². The summed E-state index contributed by atoms with van der Waals surface area (Å²) < 4.78 is 21.8. The molecule has 5 unspecified atom stereocenters. The summed E-state index contributed by atoms with van der Waals surface area (Å²) >= 11 is 0. The van der Waals surface area contributed by atoms with Crippen molar-refractivity contribution in [3.8, 4) is 17.2 Å². The average Bonchev–Trinajstić information content (AvgIpc) is 2.90. The Kier molecular flexibility index (Phi) is 11.8. The Labute approximate surface area is 234 Å². The minimum atomic E-state index is -0.998. The molecule has 1 heterocycles. The summed E-state index contributed by atoms with van der Waals surface area (Å²) in [6.45, 7) is 6.86. The van der Waals surface area contributed by atoms with E-state index in [1.165, 1.54) is 33.5 Å². The number of carbonyl (C=O) groups excluding carboxylic acids is 2. The van der Waals surface area contributed by atoms with Crippen LogP contribution < -0.4 is 15.8 Å². The third-order valence-corrected chi connectivity index (χ3v) is 6.65. The van der Waals surface area contributed by atoms with Crippen molar-refractivity contribution in [3.63, 3.8) is 0 Å². The zero-order valence-corrected chi connectivity index (χ0v) is 23.9. The standard InChI is InChI=1S/C29H40N2O9/c1-15-11-19-25(34)20(14-21(32)27(19)39-7)31-28(35)16(2)9-8-10-22(37-5)26(40-29(30)36)18(4)13-17(3)24(33)23(12-15)38-6/h8-11,13-14,17,22-24,26,32-34H,12H2,1-7H3,(H2,30,36)(H,31,35). The van der Waals surface area contributed by atoms with Gasteiger partial charge in [0.05, 0.1) is 30.6 Å². The Morgan fingerprint density at radius 3 is 2.38 bits per heavy atom. The summed E-state index contributed by atoms with van der Waals surface area (Å²) in [6.07, 6.45) is 3.94. The van der Waals surface area contributed by atoms with Gasteiger partial charge in [-0.1, -0.05) is 36.8 Å². The number of phenols is 2. The van der Waals surface area contributed by atoms with E-state index in [9.17, 15) is 24.9 Å². The van der Waals surface area contributed by atoms with Gasteiger partial charge < -0.3 is 45.3 Å². The summed E-state index contributed by atoms with van der Waals surface area (Å²) in [6, 6.07) is 1.19. The van der Waals surface area contributed by atoms with Gasteiger partial charge in [0.15, 0.2) is 17.6 Å². The number of fused-ring (bicyclic) bond motifs is 2. The highest BCUT2D eigenvalue weighted by atomic mass is 16.6. The molecule has 2 amide bonds. The van der Waals surface area contributed by atoms with Crippen molar-refractivity contribution in [2.24, 2.45) is 11.7 Å². The Morgan fingerprint density at radius 1 is 1.12 bits per heavy atom. The topological polar surface area (TPSA) is 170 Å². The molecule has 11 heteroatoms. The van der Waals surface area contributed by atoms with Crippen LogP contribution in [0, 0.1) is 5.92 Å². The highest BCUT2D eigenvalue weighted by Gasteiger charge is 2.29. The van der Waals surface area contributed by atoms with Crippen LogP contribution in [-0.2, 0) is 19.0 Å². The Balaban J connectivity index is 2.72. The second-order valence-corrected chi connectivity index (χ2v) is 9.71. The van der Waals surface area contributed by atoms with Crippen molar-refractivity contribution in [1.82, 2.24) is 0 Å². The first-order valence-corrected chi connectivity index (χ1v) is 12.7. The lowest BCUT2D eigenvalue weighted by molar-refractivity contribution is -0.112. The van der Waals surface area contributed by atoms with E-state index in [1.807, 2.05) is 0 Å². The highest BCUT2D eigenvalue weighted by Crippen LogP contribution is 2.43. The number of hydrogen-bond acceptors (Lipinski definition) is 9. The van der Waals surface area contributed by atoms with Crippen LogP contribution in [0.1, 0.15) is 39.7 Å². The number of primary amides is 1. The number of methoxy groups -OCH3 is 3. The number of allylic oxidation sites excluding steroid dienone is 2. The number of phenolic OH excluding ortho intramolecular Hbond substituents is 2. The van der Waals surface area contributed by atoms with Crippen LogP contribution in [0.25, 0.3) is 6.08 Å². The minimum absolute atomic E-state index is 0.0171. The molecular formula is C29H40N2O9. The zero-order valence-electron chi connectivity index (χ0n) is 23.9. The highest BCUT2D eigenvalue weighted by molar-refractivity contribution is 6.05. The smallest absolute Gasteiger partial charge is 0.405 e. The number of rotatable bonds is 4. The average molecular weight is 561 g/mol. The third-order valence-electron chi connectivity index (χ3n) is 6.65. The summed E-state index contributed by atoms with van der Waals surface area (Å²) in [5.74, 6) is -1.57. The van der Waals surface area contributed by atoms with Crippen LogP contribution in [0.3, 0.4) is 0 Å². The number of amides is 2. The number of aliphatic hydroxyl groups excluding tert-OH is 1. The number of aliphatic hydroxyl groups is 1. The second-order valence-electron chi connectivity index (χ2n) is 9.71. The number of hydrogen-bond donors (Lipinski definition) is 5. The van der Waals surface area contributed by atoms with Crippen molar-refractivity contribution in [3.05, 3.63) is 52.7 Å². The quantitative estimate of drug-likeness (QED) is 0.209. The maximum atomic E-state index is 12.9. The van der Waals surface area contributed by atoms with E-state index in [2.05, 4.69) is 5.32 Å². The van der Waals surface area contributed by atoms with E-state index in [-0.39, 0.29) is 40.5 Å². The van der Waals surface area contributed by atoms with Gasteiger partial charge in [-0.15, -0.1) is 0 Å². The molecule has 40 heavy (non-hydrogen) atoms. The molecule has 2 rings (SSSR count). The van der Waals surface area contributed by atoms with Crippen LogP contribution in [-0.4, -0.2) is 73.1 Å². The molecule has 11 nitrogen and oxygen atoms in total. The normalized spacial score (nSPS) is 24.9. The van der Waals surface area contributed by atoms with Crippen molar-refractivity contribution in [1.29, 1.82) is 0 Å². The van der Waals surface area contributed by atoms with Crippen molar-refractivity contribution in [2.75, 3.05) is 26.6 Å². The summed E-state index contributed by atoms with van der Waals surface area (Å²) in [5.41, 5.74) is 6.98. The minimum Gasteiger partial charge on any atom is -0.505 e. The van der Waals surface area contributed by atoms with Crippen molar-refractivity contribution >= 4 is 23.8 Å². The fourth-order valence-corrected chi connectivity index (χ4v) is 4.47. The van der Waals surface area contributed by atoms with E-state index >= 15 is 0 Å². The molecule has 2 bridgehead atoms. The number of ether oxygens (including phenoxy) is 4. The van der Waals surface area contributed by atoms with E-state index in [4.69, 9.17) is 24.7 Å². The van der Waals surface area contributed by atoms with Gasteiger partial charge in [-0.05, 0) is 38.8 Å². The molecule has 6 N–H and O–H groups in total. The fourth-order valence-electron chi connectivity index (χ4n) is 4.47. The molecule has 0 spiro atoms. The summed E-state index contributed by atoms with van der Waals surface area (Å²) in [5, 5.41) is 35.3. The van der Waals surface area contributed by atoms with Gasteiger partial charge in [0.1, 0.15) is 11.9 Å². The van der Waals surface area contributed by atoms with Crippen molar-refractivity contribution in [2.45, 2.75) is 58.5 Å². The Morgan fingerprint density at radius 2 is 1.80 bits per heavy atom. The van der Waals surface area contributed by atoms with Gasteiger partial charge >= 0.3 is 6.09 Å². The monoisotopic (exact) mass is 560 g/mol. The molecule has 0 saturated heterocycles. The lowest BCUT2D eigenvalue weighted by Gasteiger charge is -2.28. The van der Waals surface area contributed by atoms with Crippen molar-refractivity contribution < 1.29 is 43.9 Å². The number of carbonyl (C=O) groups is 2. The van der Waals surface area contributed by atoms with Gasteiger partial charge in [-0.3, -0.25) is 4.79 Å². The maximum Gasteiger partial charge on any atom is 0.405 e.